The zero-order valence-electron chi connectivity index (χ0n) is 11.9. The Morgan fingerprint density at radius 1 is 1.38 bits per heavy atom. The normalized spacial score (nSPS) is 21.9. The lowest BCUT2D eigenvalue weighted by Gasteiger charge is -2.36. The molecule has 0 aromatic heterocycles. The molecule has 1 heterocycles. The highest BCUT2D eigenvalue weighted by Gasteiger charge is 2.31. The van der Waals surface area contributed by atoms with Gasteiger partial charge in [-0.15, -0.1) is 0 Å². The van der Waals surface area contributed by atoms with Crippen molar-refractivity contribution in [1.29, 1.82) is 0 Å². The predicted molar refractivity (Wildman–Crippen MR) is 75.0 cm³/mol. The van der Waals surface area contributed by atoms with E-state index in [9.17, 15) is 14.0 Å². The maximum absolute atomic E-state index is 13.4. The number of carbonyl (C=O) groups is 2. The fraction of sp³-hybridized carbons (Fsp3) is 0.467. The van der Waals surface area contributed by atoms with Gasteiger partial charge < -0.3 is 15.4 Å². The fourth-order valence-corrected chi connectivity index (χ4v) is 2.47. The number of carbonyl (C=O) groups excluding carboxylic acids is 2. The molecule has 114 valence electrons. The third kappa shape index (κ3) is 3.71. The molecule has 2 atom stereocenters. The van der Waals surface area contributed by atoms with E-state index in [4.69, 9.17) is 10.5 Å². The van der Waals surface area contributed by atoms with Crippen LogP contribution in [-0.4, -0.2) is 35.9 Å². The molecule has 5 nitrogen and oxygen atoms in total. The molecule has 2 rings (SSSR count). The van der Waals surface area contributed by atoms with Gasteiger partial charge in [-0.25, -0.2) is 4.39 Å². The summed E-state index contributed by atoms with van der Waals surface area (Å²) >= 11 is 0. The molecule has 0 unspecified atom stereocenters. The number of halogens is 1. The Morgan fingerprint density at radius 3 is 2.76 bits per heavy atom. The Labute approximate surface area is 122 Å². The Kier molecular flexibility index (Phi) is 4.77. The van der Waals surface area contributed by atoms with Crippen molar-refractivity contribution in [3.05, 3.63) is 30.1 Å². The first-order valence-electron chi connectivity index (χ1n) is 6.95. The molecule has 1 fully saturated rings. The van der Waals surface area contributed by atoms with Crippen molar-refractivity contribution in [2.75, 3.05) is 13.2 Å². The number of likely N-dealkylation sites (tertiary alicyclic amines) is 1. The van der Waals surface area contributed by atoms with Crippen LogP contribution in [0.5, 0.6) is 5.75 Å². The molecule has 1 aromatic carbocycles. The van der Waals surface area contributed by atoms with Gasteiger partial charge in [-0.3, -0.25) is 9.59 Å². The predicted octanol–water partition coefficient (Wildman–Crippen LogP) is 1.32. The van der Waals surface area contributed by atoms with Gasteiger partial charge in [0.1, 0.15) is 0 Å². The smallest absolute Gasteiger partial charge is 0.260 e. The van der Waals surface area contributed by atoms with Crippen molar-refractivity contribution in [1.82, 2.24) is 4.90 Å². The molecule has 2 amide bonds. The molecule has 1 saturated heterocycles. The maximum Gasteiger partial charge on any atom is 0.260 e. The average Bonchev–Trinajstić information content (AvgIpc) is 2.46. The van der Waals surface area contributed by atoms with Gasteiger partial charge in [0.05, 0.1) is 5.92 Å². The summed E-state index contributed by atoms with van der Waals surface area (Å²) in [7, 11) is 0. The van der Waals surface area contributed by atoms with Crippen LogP contribution in [0.4, 0.5) is 4.39 Å². The van der Waals surface area contributed by atoms with Gasteiger partial charge in [-0.2, -0.15) is 0 Å². The lowest BCUT2D eigenvalue weighted by Crippen LogP contribution is -2.50. The minimum Gasteiger partial charge on any atom is -0.481 e. The average molecular weight is 294 g/mol. The topological polar surface area (TPSA) is 72.6 Å². The number of rotatable bonds is 4. The molecule has 6 heteroatoms. The van der Waals surface area contributed by atoms with Gasteiger partial charge in [0.15, 0.2) is 18.2 Å². The quantitative estimate of drug-likeness (QED) is 0.910. The number of primary amides is 1. The third-order valence-corrected chi connectivity index (χ3v) is 3.79. The van der Waals surface area contributed by atoms with E-state index < -0.39 is 11.7 Å². The molecule has 0 radical (unpaired) electrons. The van der Waals surface area contributed by atoms with E-state index >= 15 is 0 Å². The molecule has 21 heavy (non-hydrogen) atoms. The van der Waals surface area contributed by atoms with E-state index in [1.54, 1.807) is 17.0 Å². The second-order valence-electron chi connectivity index (χ2n) is 5.29. The molecule has 0 saturated carbocycles. The number of benzene rings is 1. The molecule has 0 bridgehead atoms. The van der Waals surface area contributed by atoms with E-state index in [2.05, 4.69) is 0 Å². The summed E-state index contributed by atoms with van der Waals surface area (Å²) in [4.78, 5) is 25.0. The Morgan fingerprint density at radius 2 is 2.10 bits per heavy atom. The van der Waals surface area contributed by atoms with Crippen LogP contribution in [0.3, 0.4) is 0 Å². The van der Waals surface area contributed by atoms with Crippen LogP contribution in [0.1, 0.15) is 19.8 Å². The van der Waals surface area contributed by atoms with Crippen molar-refractivity contribution >= 4 is 11.8 Å². The van der Waals surface area contributed by atoms with Crippen LogP contribution in [-0.2, 0) is 9.59 Å². The number of nitrogens with zero attached hydrogens (tertiary/aromatic N) is 1. The monoisotopic (exact) mass is 294 g/mol. The van der Waals surface area contributed by atoms with Crippen molar-refractivity contribution in [3.8, 4) is 5.75 Å². The van der Waals surface area contributed by atoms with Crippen LogP contribution >= 0.6 is 0 Å². The van der Waals surface area contributed by atoms with Crippen LogP contribution in [0.15, 0.2) is 24.3 Å². The van der Waals surface area contributed by atoms with Gasteiger partial charge in [-0.1, -0.05) is 12.1 Å². The van der Waals surface area contributed by atoms with E-state index in [-0.39, 0.29) is 30.2 Å². The molecular formula is C15H19FN2O3. The first kappa shape index (κ1) is 15.3. The number of piperidine rings is 1. The second-order valence-corrected chi connectivity index (χ2v) is 5.29. The first-order valence-corrected chi connectivity index (χ1v) is 6.95. The van der Waals surface area contributed by atoms with Crippen molar-refractivity contribution in [2.24, 2.45) is 11.7 Å². The zero-order valence-corrected chi connectivity index (χ0v) is 11.9. The minimum absolute atomic E-state index is 0.0253. The summed E-state index contributed by atoms with van der Waals surface area (Å²) < 4.78 is 18.6. The number of ether oxygens (including phenoxy) is 1. The van der Waals surface area contributed by atoms with E-state index in [1.807, 2.05) is 6.92 Å². The highest BCUT2D eigenvalue weighted by atomic mass is 19.1. The van der Waals surface area contributed by atoms with Gasteiger partial charge in [0.25, 0.3) is 5.91 Å². The molecule has 1 aromatic rings. The van der Waals surface area contributed by atoms with Crippen LogP contribution in [0.25, 0.3) is 0 Å². The van der Waals surface area contributed by atoms with E-state index in [0.717, 1.165) is 6.42 Å². The highest BCUT2D eigenvalue weighted by molar-refractivity contribution is 5.81. The van der Waals surface area contributed by atoms with Gasteiger partial charge >= 0.3 is 0 Å². The van der Waals surface area contributed by atoms with Crippen LogP contribution < -0.4 is 10.5 Å². The number of para-hydroxylation sites is 1. The van der Waals surface area contributed by atoms with Gasteiger partial charge in [-0.05, 0) is 31.9 Å². The molecule has 1 aliphatic heterocycles. The number of nitrogens with two attached hydrogens (primary N) is 1. The number of hydrogen-bond donors (Lipinski definition) is 1. The molecular weight excluding hydrogens is 275 g/mol. The van der Waals surface area contributed by atoms with Crippen molar-refractivity contribution in [3.63, 3.8) is 0 Å². The number of amides is 2. The Balaban J connectivity index is 1.95. The molecule has 2 N–H and O–H groups in total. The highest BCUT2D eigenvalue weighted by Crippen LogP contribution is 2.22. The molecule has 0 aliphatic carbocycles. The van der Waals surface area contributed by atoms with Crippen LogP contribution in [0.2, 0.25) is 0 Å². The fourth-order valence-electron chi connectivity index (χ4n) is 2.47. The summed E-state index contributed by atoms with van der Waals surface area (Å²) in [6.07, 6.45) is 1.41. The minimum atomic E-state index is -0.507. The van der Waals surface area contributed by atoms with Gasteiger partial charge in [0, 0.05) is 12.6 Å². The Bertz CT molecular complexity index is 535. The van der Waals surface area contributed by atoms with Crippen LogP contribution in [0, 0.1) is 11.7 Å². The van der Waals surface area contributed by atoms with Gasteiger partial charge in [0.2, 0.25) is 5.91 Å². The third-order valence-electron chi connectivity index (χ3n) is 3.79. The lowest BCUT2D eigenvalue weighted by molar-refractivity contribution is -0.139. The van der Waals surface area contributed by atoms with E-state index in [0.29, 0.717) is 13.0 Å². The number of hydrogen-bond acceptors (Lipinski definition) is 3. The lowest BCUT2D eigenvalue weighted by atomic mass is 9.93. The summed E-state index contributed by atoms with van der Waals surface area (Å²) in [5, 5.41) is 0. The summed E-state index contributed by atoms with van der Waals surface area (Å²) in [5.74, 6) is -1.45. The SMILES string of the molecule is C[C@H]1CC[C@@H](C(N)=O)CN1C(=O)COc1ccccc1F. The maximum atomic E-state index is 13.4. The molecule has 0 spiro atoms. The van der Waals surface area contributed by atoms with Crippen molar-refractivity contribution < 1.29 is 18.7 Å². The summed E-state index contributed by atoms with van der Waals surface area (Å²) in [6.45, 7) is 1.96. The summed E-state index contributed by atoms with van der Waals surface area (Å²) in [5.41, 5.74) is 5.30. The van der Waals surface area contributed by atoms with E-state index in [1.165, 1.54) is 12.1 Å². The second kappa shape index (κ2) is 6.56. The van der Waals surface area contributed by atoms with Crippen molar-refractivity contribution in [2.45, 2.75) is 25.8 Å². The first-order chi connectivity index (χ1) is 9.99. The Hall–Kier alpha value is -2.11. The largest absolute Gasteiger partial charge is 0.481 e. The summed E-state index contributed by atoms with van der Waals surface area (Å²) in [6, 6.07) is 5.95. The standard InChI is InChI=1S/C15H19FN2O3/c1-10-6-7-11(15(17)20)8-18(10)14(19)9-21-13-5-3-2-4-12(13)16/h2-5,10-11H,6-9H2,1H3,(H2,17,20)/t10-,11+/m0/s1. The molecule has 1 aliphatic rings. The zero-order chi connectivity index (χ0) is 15.4.